The van der Waals surface area contributed by atoms with Gasteiger partial charge in [-0.2, -0.15) is 0 Å². The molecule has 3 rings (SSSR count). The molecule has 1 aromatic carbocycles. The maximum atomic E-state index is 12.7. The summed E-state index contributed by atoms with van der Waals surface area (Å²) in [4.78, 5) is 41.0. The van der Waals surface area contributed by atoms with Crippen molar-refractivity contribution in [3.63, 3.8) is 0 Å². The number of benzene rings is 1. The largest absolute Gasteiger partial charge is 0.379 e. The summed E-state index contributed by atoms with van der Waals surface area (Å²) in [5.41, 5.74) is 0.247. The van der Waals surface area contributed by atoms with Crippen LogP contribution in [-0.4, -0.2) is 53.2 Å². The Kier molecular flexibility index (Phi) is 5.30. The van der Waals surface area contributed by atoms with Crippen molar-refractivity contribution in [2.45, 2.75) is 19.9 Å². The number of H-pyrrole nitrogens is 1. The molecule has 1 saturated heterocycles. The first-order chi connectivity index (χ1) is 12.0. The Bertz CT molecular complexity index is 880. The average Bonchev–Trinajstić information content (AvgIpc) is 2.59. The van der Waals surface area contributed by atoms with Crippen molar-refractivity contribution in [1.82, 2.24) is 14.5 Å². The molecule has 1 aromatic heterocycles. The van der Waals surface area contributed by atoms with E-state index in [0.717, 1.165) is 32.8 Å². The topological polar surface area (TPSA) is 96.4 Å². The minimum atomic E-state index is -0.410. The molecule has 0 atom stereocenters. The maximum absolute atomic E-state index is 12.7. The van der Waals surface area contributed by atoms with E-state index in [1.54, 1.807) is 18.2 Å². The van der Waals surface area contributed by atoms with Gasteiger partial charge in [0.05, 0.1) is 24.1 Å². The van der Waals surface area contributed by atoms with E-state index >= 15 is 0 Å². The molecule has 1 aliphatic rings. The molecule has 0 aliphatic carbocycles. The number of ether oxygens (including phenoxy) is 1. The van der Waals surface area contributed by atoms with Gasteiger partial charge in [-0.25, -0.2) is 4.79 Å². The molecule has 1 aliphatic heterocycles. The number of nitrogens with zero attached hydrogens (tertiary/aromatic N) is 2. The Labute approximate surface area is 144 Å². The van der Waals surface area contributed by atoms with E-state index in [2.05, 4.69) is 15.2 Å². The van der Waals surface area contributed by atoms with Crippen LogP contribution in [0.1, 0.15) is 13.3 Å². The Morgan fingerprint density at radius 1 is 1.24 bits per heavy atom. The monoisotopic (exact) mass is 346 g/mol. The zero-order valence-corrected chi connectivity index (χ0v) is 14.2. The number of hydrogen-bond donors (Lipinski definition) is 2. The summed E-state index contributed by atoms with van der Waals surface area (Å²) in [7, 11) is 0. The van der Waals surface area contributed by atoms with Crippen LogP contribution in [0.25, 0.3) is 10.9 Å². The number of amides is 1. The predicted molar refractivity (Wildman–Crippen MR) is 95.0 cm³/mol. The van der Waals surface area contributed by atoms with E-state index in [1.165, 1.54) is 11.5 Å². The van der Waals surface area contributed by atoms with Gasteiger partial charge in [0.15, 0.2) is 0 Å². The Morgan fingerprint density at radius 2 is 2.00 bits per heavy atom. The van der Waals surface area contributed by atoms with Crippen molar-refractivity contribution in [2.75, 3.05) is 38.2 Å². The number of carbonyl (C=O) groups is 1. The fraction of sp³-hybridized carbons (Fsp3) is 0.471. The van der Waals surface area contributed by atoms with Crippen LogP contribution in [0.4, 0.5) is 5.69 Å². The SMILES string of the molecule is CC(=O)Nc1ccc2[nH]c(=O)n(CCCN3CCOCC3)c(=O)c2c1. The van der Waals surface area contributed by atoms with Crippen molar-refractivity contribution in [1.29, 1.82) is 0 Å². The van der Waals surface area contributed by atoms with Gasteiger partial charge in [0.25, 0.3) is 5.56 Å². The van der Waals surface area contributed by atoms with Crippen molar-refractivity contribution in [3.05, 3.63) is 39.0 Å². The summed E-state index contributed by atoms with van der Waals surface area (Å²) < 4.78 is 6.53. The highest BCUT2D eigenvalue weighted by Crippen LogP contribution is 2.13. The van der Waals surface area contributed by atoms with Gasteiger partial charge in [0.2, 0.25) is 5.91 Å². The van der Waals surface area contributed by atoms with E-state index in [9.17, 15) is 14.4 Å². The summed E-state index contributed by atoms with van der Waals surface area (Å²) in [5.74, 6) is -0.213. The number of morpholine rings is 1. The van der Waals surface area contributed by atoms with Crippen molar-refractivity contribution in [2.24, 2.45) is 0 Å². The average molecular weight is 346 g/mol. The summed E-state index contributed by atoms with van der Waals surface area (Å²) in [6.07, 6.45) is 0.708. The van der Waals surface area contributed by atoms with Gasteiger partial charge in [-0.1, -0.05) is 0 Å². The maximum Gasteiger partial charge on any atom is 0.328 e. The third-order valence-electron chi connectivity index (χ3n) is 4.26. The molecule has 8 heteroatoms. The van der Waals surface area contributed by atoms with Gasteiger partial charge in [-0.15, -0.1) is 0 Å². The fourth-order valence-corrected chi connectivity index (χ4v) is 3.01. The van der Waals surface area contributed by atoms with Gasteiger partial charge in [0.1, 0.15) is 0 Å². The number of nitrogens with one attached hydrogen (secondary N) is 2. The number of anilines is 1. The number of fused-ring (bicyclic) bond motifs is 1. The van der Waals surface area contributed by atoms with Crippen LogP contribution in [-0.2, 0) is 16.1 Å². The summed E-state index contributed by atoms with van der Waals surface area (Å²) >= 11 is 0. The first kappa shape index (κ1) is 17.4. The van der Waals surface area contributed by atoms with Crippen LogP contribution in [0.5, 0.6) is 0 Å². The third kappa shape index (κ3) is 4.15. The molecule has 8 nitrogen and oxygen atoms in total. The highest BCUT2D eigenvalue weighted by Gasteiger charge is 2.12. The highest BCUT2D eigenvalue weighted by molar-refractivity contribution is 5.91. The van der Waals surface area contributed by atoms with Gasteiger partial charge < -0.3 is 15.0 Å². The second-order valence-electron chi connectivity index (χ2n) is 6.14. The van der Waals surface area contributed by atoms with Crippen molar-refractivity contribution < 1.29 is 9.53 Å². The van der Waals surface area contributed by atoms with Crippen molar-refractivity contribution >= 4 is 22.5 Å². The van der Waals surface area contributed by atoms with Gasteiger partial charge in [-0.3, -0.25) is 19.1 Å². The minimum absolute atomic E-state index is 0.213. The van der Waals surface area contributed by atoms with Crippen LogP contribution >= 0.6 is 0 Å². The number of aromatic nitrogens is 2. The second kappa shape index (κ2) is 7.62. The zero-order valence-electron chi connectivity index (χ0n) is 14.2. The lowest BCUT2D eigenvalue weighted by atomic mass is 10.2. The molecule has 0 radical (unpaired) electrons. The second-order valence-corrected chi connectivity index (χ2v) is 6.14. The molecule has 2 heterocycles. The zero-order chi connectivity index (χ0) is 17.8. The molecule has 0 unspecified atom stereocenters. The quantitative estimate of drug-likeness (QED) is 0.815. The van der Waals surface area contributed by atoms with Gasteiger partial charge >= 0.3 is 5.69 Å². The lowest BCUT2D eigenvalue weighted by Crippen LogP contribution is -2.39. The molecule has 0 spiro atoms. The third-order valence-corrected chi connectivity index (χ3v) is 4.26. The van der Waals surface area contributed by atoms with E-state index in [0.29, 0.717) is 29.6 Å². The highest BCUT2D eigenvalue weighted by atomic mass is 16.5. The molecular weight excluding hydrogens is 324 g/mol. The van der Waals surface area contributed by atoms with E-state index in [1.807, 2.05) is 0 Å². The van der Waals surface area contributed by atoms with E-state index < -0.39 is 5.69 Å². The molecule has 0 saturated carbocycles. The Balaban J connectivity index is 1.80. The smallest absolute Gasteiger partial charge is 0.328 e. The molecule has 1 amide bonds. The van der Waals surface area contributed by atoms with E-state index in [4.69, 9.17) is 4.74 Å². The summed E-state index contributed by atoms with van der Waals surface area (Å²) in [6.45, 7) is 5.78. The standard InChI is InChI=1S/C17H22N4O4/c1-12(22)18-13-3-4-15-14(11-13)16(23)21(17(24)19-15)6-2-5-20-7-9-25-10-8-20/h3-4,11H,2,5-10H2,1H3,(H,18,22)(H,19,24). The van der Waals surface area contributed by atoms with Crippen LogP contribution in [0, 0.1) is 0 Å². The molecule has 134 valence electrons. The van der Waals surface area contributed by atoms with E-state index in [-0.39, 0.29) is 11.5 Å². The lowest BCUT2D eigenvalue weighted by molar-refractivity contribution is -0.114. The van der Waals surface area contributed by atoms with Gasteiger partial charge in [0, 0.05) is 38.8 Å². The molecular formula is C17H22N4O4. The van der Waals surface area contributed by atoms with Crippen LogP contribution < -0.4 is 16.6 Å². The first-order valence-electron chi connectivity index (χ1n) is 8.39. The fourth-order valence-electron chi connectivity index (χ4n) is 3.01. The molecule has 2 aromatic rings. The molecule has 0 bridgehead atoms. The molecule has 25 heavy (non-hydrogen) atoms. The molecule has 1 fully saturated rings. The normalized spacial score (nSPS) is 15.4. The van der Waals surface area contributed by atoms with Crippen molar-refractivity contribution in [3.8, 4) is 0 Å². The predicted octanol–water partition coefficient (Wildman–Crippen LogP) is 0.371. The Morgan fingerprint density at radius 3 is 2.72 bits per heavy atom. The van der Waals surface area contributed by atoms with Crippen LogP contribution in [0.3, 0.4) is 0 Å². The van der Waals surface area contributed by atoms with Crippen LogP contribution in [0.2, 0.25) is 0 Å². The summed E-state index contributed by atoms with van der Waals surface area (Å²) in [6, 6.07) is 4.87. The number of rotatable bonds is 5. The lowest BCUT2D eigenvalue weighted by Gasteiger charge is -2.26. The number of carbonyl (C=O) groups excluding carboxylic acids is 1. The first-order valence-corrected chi connectivity index (χ1v) is 8.39. The van der Waals surface area contributed by atoms with Crippen LogP contribution in [0.15, 0.2) is 27.8 Å². The number of hydrogen-bond acceptors (Lipinski definition) is 5. The Hall–Kier alpha value is -2.45. The number of aromatic amines is 1. The minimum Gasteiger partial charge on any atom is -0.379 e. The molecule has 2 N–H and O–H groups in total. The van der Waals surface area contributed by atoms with Gasteiger partial charge in [-0.05, 0) is 24.6 Å². The summed E-state index contributed by atoms with van der Waals surface area (Å²) in [5, 5.41) is 3.03.